The number of rotatable bonds is 16. The van der Waals surface area contributed by atoms with E-state index in [9.17, 15) is 20.4 Å². The SMILES string of the molecule is COCOc1ccc(/C=C/C2=CC(=C(C#N)C#N)c3cc(O)ccc3O2)c(OCCCCCCCCCC(=O)OC(C)(C)C)c1. The smallest absolute Gasteiger partial charge is 0.306 e. The van der Waals surface area contributed by atoms with E-state index in [2.05, 4.69) is 0 Å². The lowest BCUT2D eigenvalue weighted by Gasteiger charge is -2.19. The van der Waals surface area contributed by atoms with E-state index in [1.807, 2.05) is 57.2 Å². The minimum Gasteiger partial charge on any atom is -0.508 e. The summed E-state index contributed by atoms with van der Waals surface area (Å²) in [7, 11) is 1.56. The van der Waals surface area contributed by atoms with Crippen LogP contribution in [0.5, 0.6) is 23.0 Å². The molecule has 1 N–H and O–H groups in total. The Hall–Kier alpha value is -4.73. The van der Waals surface area contributed by atoms with Gasteiger partial charge in [0, 0.05) is 36.3 Å². The van der Waals surface area contributed by atoms with Gasteiger partial charge in [0.25, 0.3) is 0 Å². The van der Waals surface area contributed by atoms with E-state index >= 15 is 0 Å². The second-order valence-electron chi connectivity index (χ2n) is 11.6. The van der Waals surface area contributed by atoms with E-state index in [0.29, 0.717) is 47.2 Å². The third-order valence-electron chi connectivity index (χ3n) is 6.72. The van der Waals surface area contributed by atoms with E-state index in [1.165, 1.54) is 12.1 Å². The van der Waals surface area contributed by atoms with Crippen molar-refractivity contribution in [3.8, 4) is 35.1 Å². The molecule has 0 bridgehead atoms. The Kier molecular flexibility index (Phi) is 13.5. The third kappa shape index (κ3) is 11.7. The van der Waals surface area contributed by atoms with Gasteiger partial charge in [-0.2, -0.15) is 10.5 Å². The maximum atomic E-state index is 11.8. The molecule has 0 spiro atoms. The number of aromatic hydroxyl groups is 1. The van der Waals surface area contributed by atoms with Gasteiger partial charge in [0.05, 0.1) is 6.61 Å². The van der Waals surface area contributed by atoms with Gasteiger partial charge in [-0.3, -0.25) is 4.79 Å². The van der Waals surface area contributed by atoms with Gasteiger partial charge in [-0.05, 0) is 82.2 Å². The molecule has 45 heavy (non-hydrogen) atoms. The fraction of sp³-hybridized carbons (Fsp3) is 0.417. The summed E-state index contributed by atoms with van der Waals surface area (Å²) < 4.78 is 28.1. The first-order valence-corrected chi connectivity index (χ1v) is 15.2. The molecule has 0 unspecified atom stereocenters. The van der Waals surface area contributed by atoms with E-state index in [0.717, 1.165) is 50.5 Å². The fourth-order valence-corrected chi connectivity index (χ4v) is 4.62. The molecule has 0 fully saturated rings. The summed E-state index contributed by atoms with van der Waals surface area (Å²) in [6.07, 6.45) is 12.7. The number of carbonyl (C=O) groups is 1. The van der Waals surface area contributed by atoms with Gasteiger partial charge >= 0.3 is 5.97 Å². The Labute approximate surface area is 265 Å². The Morgan fingerprint density at radius 3 is 2.33 bits per heavy atom. The number of hydrogen-bond donors (Lipinski definition) is 1. The lowest BCUT2D eigenvalue weighted by atomic mass is 9.97. The largest absolute Gasteiger partial charge is 0.508 e. The number of fused-ring (bicyclic) bond motifs is 1. The maximum absolute atomic E-state index is 11.8. The van der Waals surface area contributed by atoms with Crippen LogP contribution in [0.2, 0.25) is 0 Å². The van der Waals surface area contributed by atoms with Crippen LogP contribution in [0.15, 0.2) is 59.9 Å². The normalized spacial score (nSPS) is 12.4. The number of ether oxygens (including phenoxy) is 5. The molecule has 0 radical (unpaired) electrons. The standard InChI is InChI=1S/C36H42N2O7/c1-36(2,3)45-35(40)12-10-8-6-5-7-9-11-19-42-34-22-29(43-25-41-4)16-13-26(34)14-17-30-21-31(27(23-37)24-38)32-20-28(39)15-18-33(32)44-30/h13-18,20-22,39H,5-12,19,25H2,1-4H3/b17-14+. The van der Waals surface area contributed by atoms with Crippen LogP contribution >= 0.6 is 0 Å². The number of esters is 1. The average Bonchev–Trinajstić information content (AvgIpc) is 3.00. The Bertz CT molecular complexity index is 1470. The van der Waals surface area contributed by atoms with E-state index in [1.54, 1.807) is 25.3 Å². The van der Waals surface area contributed by atoms with Crippen LogP contribution in [-0.4, -0.2) is 37.2 Å². The minimum atomic E-state index is -0.432. The number of methoxy groups -OCH3 is 1. The summed E-state index contributed by atoms with van der Waals surface area (Å²) in [4.78, 5) is 11.8. The fourth-order valence-electron chi connectivity index (χ4n) is 4.62. The number of hydrogen-bond acceptors (Lipinski definition) is 9. The Morgan fingerprint density at radius 1 is 0.933 bits per heavy atom. The van der Waals surface area contributed by atoms with Crippen molar-refractivity contribution in [3.63, 3.8) is 0 Å². The molecule has 0 aliphatic carbocycles. The number of nitrogens with zero attached hydrogens (tertiary/aromatic N) is 2. The molecule has 9 heteroatoms. The first-order chi connectivity index (χ1) is 21.6. The van der Waals surface area contributed by atoms with E-state index in [4.69, 9.17) is 23.7 Å². The lowest BCUT2D eigenvalue weighted by Crippen LogP contribution is -2.23. The molecule has 3 rings (SSSR count). The van der Waals surface area contributed by atoms with Crippen LogP contribution in [0.1, 0.15) is 83.3 Å². The number of unbranched alkanes of at least 4 members (excludes halogenated alkanes) is 6. The molecule has 0 amide bonds. The van der Waals surface area contributed by atoms with Gasteiger partial charge in [0.1, 0.15) is 52.1 Å². The highest BCUT2D eigenvalue weighted by atomic mass is 16.7. The molecular formula is C36H42N2O7. The molecule has 238 valence electrons. The molecule has 0 saturated heterocycles. The van der Waals surface area contributed by atoms with Crippen molar-refractivity contribution in [2.75, 3.05) is 20.5 Å². The van der Waals surface area contributed by atoms with Gasteiger partial charge in [-0.25, -0.2) is 0 Å². The molecular weight excluding hydrogens is 572 g/mol. The summed E-state index contributed by atoms with van der Waals surface area (Å²) in [5, 5.41) is 28.9. The molecule has 0 saturated carbocycles. The van der Waals surface area contributed by atoms with Crippen LogP contribution < -0.4 is 14.2 Å². The topological polar surface area (TPSA) is 131 Å². The van der Waals surface area contributed by atoms with E-state index < -0.39 is 5.60 Å². The van der Waals surface area contributed by atoms with Crippen molar-refractivity contribution in [2.24, 2.45) is 0 Å². The quantitative estimate of drug-likeness (QED) is 0.0864. The monoisotopic (exact) mass is 614 g/mol. The highest BCUT2D eigenvalue weighted by Crippen LogP contribution is 2.38. The maximum Gasteiger partial charge on any atom is 0.306 e. The number of allylic oxidation sites excluding steroid dienone is 4. The van der Waals surface area contributed by atoms with Gasteiger partial charge in [-0.15, -0.1) is 0 Å². The molecule has 0 atom stereocenters. The van der Waals surface area contributed by atoms with Gasteiger partial charge in [-0.1, -0.05) is 32.1 Å². The Morgan fingerprint density at radius 2 is 1.64 bits per heavy atom. The molecule has 1 aliphatic heterocycles. The molecule has 2 aromatic rings. The second-order valence-corrected chi connectivity index (χ2v) is 11.6. The molecule has 2 aromatic carbocycles. The van der Waals surface area contributed by atoms with Crippen molar-refractivity contribution in [2.45, 2.75) is 77.7 Å². The zero-order valence-corrected chi connectivity index (χ0v) is 26.6. The van der Waals surface area contributed by atoms with Crippen LogP contribution in [0, 0.1) is 22.7 Å². The van der Waals surface area contributed by atoms with Gasteiger partial charge in [0.15, 0.2) is 6.79 Å². The predicted molar refractivity (Wildman–Crippen MR) is 171 cm³/mol. The highest BCUT2D eigenvalue weighted by Gasteiger charge is 2.20. The Balaban J connectivity index is 1.58. The first kappa shape index (κ1) is 34.8. The van der Waals surface area contributed by atoms with Crippen molar-refractivity contribution in [3.05, 3.63) is 71.0 Å². The summed E-state index contributed by atoms with van der Waals surface area (Å²) in [6, 6.07) is 13.9. The van der Waals surface area contributed by atoms with Crippen molar-refractivity contribution < 1.29 is 33.6 Å². The summed E-state index contributed by atoms with van der Waals surface area (Å²) in [5.74, 6) is 1.96. The molecule has 1 heterocycles. The number of nitriles is 2. The number of phenolic OH excluding ortho intramolecular Hbond substituents is 1. The zero-order chi connectivity index (χ0) is 32.7. The molecule has 9 nitrogen and oxygen atoms in total. The van der Waals surface area contributed by atoms with Crippen molar-refractivity contribution in [1.82, 2.24) is 0 Å². The van der Waals surface area contributed by atoms with Crippen molar-refractivity contribution >= 4 is 17.6 Å². The number of benzene rings is 2. The molecule has 1 aliphatic rings. The summed E-state index contributed by atoms with van der Waals surface area (Å²) in [6.45, 7) is 6.29. The second kappa shape index (κ2) is 17.5. The molecule has 0 aromatic heterocycles. The minimum absolute atomic E-state index is 0.00494. The highest BCUT2D eigenvalue weighted by molar-refractivity contribution is 5.87. The van der Waals surface area contributed by atoms with Crippen molar-refractivity contribution in [1.29, 1.82) is 10.5 Å². The summed E-state index contributed by atoms with van der Waals surface area (Å²) >= 11 is 0. The van der Waals surface area contributed by atoms with Gasteiger partial charge < -0.3 is 28.8 Å². The third-order valence-corrected chi connectivity index (χ3v) is 6.72. The van der Waals surface area contributed by atoms with E-state index in [-0.39, 0.29) is 24.1 Å². The van der Waals surface area contributed by atoms with Crippen LogP contribution in [0.3, 0.4) is 0 Å². The number of carbonyl (C=O) groups excluding carboxylic acids is 1. The average molecular weight is 615 g/mol. The summed E-state index contributed by atoms with van der Waals surface area (Å²) in [5.41, 5.74) is 1.12. The van der Waals surface area contributed by atoms with Crippen LogP contribution in [-0.2, 0) is 14.3 Å². The van der Waals surface area contributed by atoms with Gasteiger partial charge in [0.2, 0.25) is 0 Å². The van der Waals surface area contributed by atoms with Crippen LogP contribution in [0.25, 0.3) is 11.6 Å². The zero-order valence-electron chi connectivity index (χ0n) is 26.6. The van der Waals surface area contributed by atoms with Crippen LogP contribution in [0.4, 0.5) is 0 Å². The first-order valence-electron chi connectivity index (χ1n) is 15.2. The number of phenols is 1. The predicted octanol–water partition coefficient (Wildman–Crippen LogP) is 8.01. The lowest BCUT2D eigenvalue weighted by molar-refractivity contribution is -0.154.